The summed E-state index contributed by atoms with van der Waals surface area (Å²) in [7, 11) is 0. The summed E-state index contributed by atoms with van der Waals surface area (Å²) in [6, 6.07) is 4.93. The standard InChI is InChI=1S/C24H32F3N3O2/c25-24(26,27)18-5-4-8-20(16-18)30(21(31)15-17-9-10-17)23(11-13-28-14-12-23)22(32)29-19-6-2-1-3-7-19/h4-5,8,16-17,19,28H,1-3,6-7,9-15H2,(H,29,32). The molecule has 0 bridgehead atoms. The molecule has 1 saturated heterocycles. The minimum atomic E-state index is -4.52. The number of halogens is 3. The fraction of sp³-hybridized carbons (Fsp3) is 0.667. The summed E-state index contributed by atoms with van der Waals surface area (Å²) in [4.78, 5) is 28.7. The third kappa shape index (κ3) is 5.11. The summed E-state index contributed by atoms with van der Waals surface area (Å²) in [5, 5.41) is 6.40. The smallest absolute Gasteiger partial charge is 0.351 e. The van der Waals surface area contributed by atoms with Crippen molar-refractivity contribution in [3.8, 4) is 0 Å². The van der Waals surface area contributed by atoms with E-state index in [0.29, 0.717) is 25.9 Å². The third-order valence-corrected chi connectivity index (χ3v) is 7.06. The molecule has 2 amide bonds. The Bertz CT molecular complexity index is 826. The normalized spacial score (nSPS) is 21.7. The van der Waals surface area contributed by atoms with Crippen LogP contribution in [0.4, 0.5) is 18.9 Å². The van der Waals surface area contributed by atoms with Gasteiger partial charge in [-0.15, -0.1) is 0 Å². The fourth-order valence-corrected chi connectivity index (χ4v) is 5.07. The molecular weight excluding hydrogens is 419 g/mol. The van der Waals surface area contributed by atoms with E-state index >= 15 is 0 Å². The quantitative estimate of drug-likeness (QED) is 0.674. The molecule has 8 heteroatoms. The van der Waals surface area contributed by atoms with Gasteiger partial charge in [-0.3, -0.25) is 14.5 Å². The van der Waals surface area contributed by atoms with Crippen LogP contribution in [0.2, 0.25) is 0 Å². The SMILES string of the molecule is O=C(CC1CC1)N(c1cccc(C(F)(F)F)c1)C1(C(=O)NC2CCCCC2)CCNCC1. The Kier molecular flexibility index (Phi) is 6.79. The second-order valence-electron chi connectivity index (χ2n) is 9.51. The van der Waals surface area contributed by atoms with Crippen LogP contribution in [-0.2, 0) is 15.8 Å². The second-order valence-corrected chi connectivity index (χ2v) is 9.51. The first-order valence-electron chi connectivity index (χ1n) is 11.8. The average Bonchev–Trinajstić information content (AvgIpc) is 3.59. The van der Waals surface area contributed by atoms with Crippen molar-refractivity contribution >= 4 is 17.5 Å². The van der Waals surface area contributed by atoms with E-state index in [4.69, 9.17) is 0 Å². The van der Waals surface area contributed by atoms with Crippen molar-refractivity contribution in [3.63, 3.8) is 0 Å². The van der Waals surface area contributed by atoms with Crippen LogP contribution in [0.1, 0.15) is 69.8 Å². The van der Waals surface area contributed by atoms with Gasteiger partial charge in [-0.2, -0.15) is 13.2 Å². The monoisotopic (exact) mass is 451 g/mol. The molecule has 2 saturated carbocycles. The number of rotatable bonds is 6. The van der Waals surface area contributed by atoms with Crippen molar-refractivity contribution in [2.45, 2.75) is 82.0 Å². The van der Waals surface area contributed by atoms with Gasteiger partial charge in [0.1, 0.15) is 5.54 Å². The number of piperidine rings is 1. The largest absolute Gasteiger partial charge is 0.416 e. The first-order chi connectivity index (χ1) is 15.3. The molecule has 0 unspecified atom stereocenters. The van der Waals surface area contributed by atoms with Crippen molar-refractivity contribution in [1.82, 2.24) is 10.6 Å². The molecule has 3 fully saturated rings. The van der Waals surface area contributed by atoms with Gasteiger partial charge in [0.05, 0.1) is 5.56 Å². The Balaban J connectivity index is 1.71. The predicted molar refractivity (Wildman–Crippen MR) is 116 cm³/mol. The van der Waals surface area contributed by atoms with Gasteiger partial charge in [-0.05, 0) is 75.7 Å². The molecule has 2 N–H and O–H groups in total. The van der Waals surface area contributed by atoms with Crippen LogP contribution < -0.4 is 15.5 Å². The van der Waals surface area contributed by atoms with Crippen LogP contribution in [0.5, 0.6) is 0 Å². The lowest BCUT2D eigenvalue weighted by molar-refractivity contribution is -0.137. The van der Waals surface area contributed by atoms with Gasteiger partial charge in [0, 0.05) is 18.2 Å². The van der Waals surface area contributed by atoms with Crippen LogP contribution in [0.15, 0.2) is 24.3 Å². The molecule has 1 aromatic carbocycles. The van der Waals surface area contributed by atoms with Gasteiger partial charge in [0.25, 0.3) is 0 Å². The molecule has 0 radical (unpaired) electrons. The van der Waals surface area contributed by atoms with Gasteiger partial charge in [-0.25, -0.2) is 0 Å². The predicted octanol–water partition coefficient (Wildman–Crippen LogP) is 4.41. The number of nitrogens with zero attached hydrogens (tertiary/aromatic N) is 1. The maximum absolute atomic E-state index is 13.7. The average molecular weight is 452 g/mol. The number of hydrogen-bond acceptors (Lipinski definition) is 3. The van der Waals surface area contributed by atoms with Gasteiger partial charge in [0.15, 0.2) is 0 Å². The zero-order valence-electron chi connectivity index (χ0n) is 18.3. The molecule has 3 aliphatic rings. The Labute approximate surface area is 187 Å². The molecule has 0 aromatic heterocycles. The highest BCUT2D eigenvalue weighted by Crippen LogP contribution is 2.40. The van der Waals surface area contributed by atoms with Crippen LogP contribution >= 0.6 is 0 Å². The topological polar surface area (TPSA) is 61.4 Å². The van der Waals surface area contributed by atoms with Crippen molar-refractivity contribution in [2.24, 2.45) is 5.92 Å². The number of carbonyl (C=O) groups excluding carboxylic acids is 2. The molecule has 4 rings (SSSR count). The van der Waals surface area contributed by atoms with E-state index in [1.54, 1.807) is 0 Å². The summed E-state index contributed by atoms with van der Waals surface area (Å²) >= 11 is 0. The molecule has 1 aromatic rings. The van der Waals surface area contributed by atoms with Gasteiger partial charge in [0.2, 0.25) is 11.8 Å². The van der Waals surface area contributed by atoms with Crippen molar-refractivity contribution in [2.75, 3.05) is 18.0 Å². The molecule has 32 heavy (non-hydrogen) atoms. The van der Waals surface area contributed by atoms with Crippen molar-refractivity contribution < 1.29 is 22.8 Å². The molecule has 0 atom stereocenters. The molecule has 2 aliphatic carbocycles. The summed E-state index contributed by atoms with van der Waals surface area (Å²) in [5.41, 5.74) is -1.83. The third-order valence-electron chi connectivity index (χ3n) is 7.06. The molecular formula is C24H32F3N3O2. The van der Waals surface area contributed by atoms with E-state index in [1.807, 2.05) is 0 Å². The number of hydrogen-bond donors (Lipinski definition) is 2. The molecule has 1 heterocycles. The Hall–Kier alpha value is -2.09. The lowest BCUT2D eigenvalue weighted by Gasteiger charge is -2.46. The molecule has 0 spiro atoms. The van der Waals surface area contributed by atoms with E-state index in [9.17, 15) is 22.8 Å². The maximum Gasteiger partial charge on any atom is 0.416 e. The lowest BCUT2D eigenvalue weighted by Crippen LogP contribution is -2.66. The van der Waals surface area contributed by atoms with Gasteiger partial charge < -0.3 is 10.6 Å². The van der Waals surface area contributed by atoms with Crippen molar-refractivity contribution in [3.05, 3.63) is 29.8 Å². The summed E-state index contributed by atoms with van der Waals surface area (Å²) in [5.74, 6) is -0.226. The highest BCUT2D eigenvalue weighted by molar-refractivity contribution is 6.04. The number of carbonyl (C=O) groups is 2. The zero-order valence-corrected chi connectivity index (χ0v) is 18.3. The summed E-state index contributed by atoms with van der Waals surface area (Å²) in [6.07, 6.45) is 3.45. The van der Waals surface area contributed by atoms with Crippen LogP contribution in [0, 0.1) is 5.92 Å². The second kappa shape index (κ2) is 9.41. The van der Waals surface area contributed by atoms with E-state index in [1.165, 1.54) is 17.0 Å². The summed E-state index contributed by atoms with van der Waals surface area (Å²) in [6.45, 7) is 1.06. The van der Waals surface area contributed by atoms with Gasteiger partial charge in [-0.1, -0.05) is 25.3 Å². The number of alkyl halides is 3. The Morgan fingerprint density at radius 2 is 1.75 bits per heavy atom. The van der Waals surface area contributed by atoms with E-state index in [0.717, 1.165) is 57.1 Å². The van der Waals surface area contributed by atoms with E-state index in [-0.39, 0.29) is 35.9 Å². The zero-order chi connectivity index (χ0) is 22.8. The number of benzene rings is 1. The number of amides is 2. The minimum Gasteiger partial charge on any atom is -0.351 e. The van der Waals surface area contributed by atoms with Crippen LogP contribution in [-0.4, -0.2) is 36.5 Å². The van der Waals surface area contributed by atoms with E-state index < -0.39 is 17.3 Å². The highest BCUT2D eigenvalue weighted by atomic mass is 19.4. The van der Waals surface area contributed by atoms with Crippen LogP contribution in [0.25, 0.3) is 0 Å². The van der Waals surface area contributed by atoms with Crippen molar-refractivity contribution in [1.29, 1.82) is 0 Å². The minimum absolute atomic E-state index is 0.0601. The first-order valence-corrected chi connectivity index (χ1v) is 11.8. The summed E-state index contributed by atoms with van der Waals surface area (Å²) < 4.78 is 40.4. The molecule has 1 aliphatic heterocycles. The Morgan fingerprint density at radius 1 is 1.06 bits per heavy atom. The molecule has 176 valence electrons. The number of nitrogens with one attached hydrogen (secondary N) is 2. The Morgan fingerprint density at radius 3 is 2.38 bits per heavy atom. The van der Waals surface area contributed by atoms with Gasteiger partial charge >= 0.3 is 6.18 Å². The van der Waals surface area contributed by atoms with Crippen LogP contribution in [0.3, 0.4) is 0 Å². The maximum atomic E-state index is 13.7. The van der Waals surface area contributed by atoms with E-state index in [2.05, 4.69) is 10.6 Å². The molecule has 5 nitrogen and oxygen atoms in total. The highest BCUT2D eigenvalue weighted by Gasteiger charge is 2.49. The number of anilines is 1. The fourth-order valence-electron chi connectivity index (χ4n) is 5.07. The first kappa shape index (κ1) is 23.1. The lowest BCUT2D eigenvalue weighted by atomic mass is 9.83.